The Bertz CT molecular complexity index is 802. The zero-order valence-corrected chi connectivity index (χ0v) is 16.8. The number of hydrogen-bond acceptors (Lipinski definition) is 4. The molecule has 0 radical (unpaired) electrons. The molecule has 1 aromatic heterocycles. The standard InChI is InChI=1S/C21H27N3O2S/c1-3-10-23(14-20(25)22-18-7-5-4-6-16(18)2)15-21(26)24-11-8-19-17(13-24)9-12-27-19/h4-7,9,12H,3,8,10-11,13-15H2,1-2H3,(H,22,25). The first-order chi connectivity index (χ1) is 13.1. The fraction of sp³-hybridized carbons (Fsp3) is 0.429. The number of amides is 2. The first-order valence-corrected chi connectivity index (χ1v) is 10.4. The lowest BCUT2D eigenvalue weighted by atomic mass is 10.1. The van der Waals surface area contributed by atoms with Crippen LogP contribution in [0.1, 0.15) is 29.3 Å². The SMILES string of the molecule is CCCN(CC(=O)Nc1ccccc1C)CC(=O)N1CCc2sccc2C1. The van der Waals surface area contributed by atoms with Crippen molar-refractivity contribution in [3.05, 3.63) is 51.7 Å². The number of anilines is 1. The normalized spacial score (nSPS) is 13.5. The zero-order chi connectivity index (χ0) is 19.2. The third-order valence-electron chi connectivity index (χ3n) is 4.85. The van der Waals surface area contributed by atoms with Crippen molar-refractivity contribution in [1.82, 2.24) is 9.80 Å². The monoisotopic (exact) mass is 385 g/mol. The maximum Gasteiger partial charge on any atom is 0.238 e. The molecule has 0 atom stereocenters. The Balaban J connectivity index is 1.56. The quantitative estimate of drug-likeness (QED) is 0.796. The summed E-state index contributed by atoms with van der Waals surface area (Å²) in [6.45, 7) is 6.73. The van der Waals surface area contributed by atoms with E-state index in [1.807, 2.05) is 41.0 Å². The number of fused-ring (bicyclic) bond motifs is 1. The Labute approximate surface area is 165 Å². The third kappa shape index (κ3) is 5.17. The van der Waals surface area contributed by atoms with Gasteiger partial charge < -0.3 is 10.2 Å². The molecule has 2 heterocycles. The van der Waals surface area contributed by atoms with Crippen molar-refractivity contribution in [2.24, 2.45) is 0 Å². The molecule has 2 amide bonds. The van der Waals surface area contributed by atoms with Crippen LogP contribution in [0.3, 0.4) is 0 Å². The van der Waals surface area contributed by atoms with Crippen LogP contribution in [0.15, 0.2) is 35.7 Å². The summed E-state index contributed by atoms with van der Waals surface area (Å²) >= 11 is 1.77. The van der Waals surface area contributed by atoms with E-state index < -0.39 is 0 Å². The van der Waals surface area contributed by atoms with Crippen LogP contribution in [0.5, 0.6) is 0 Å². The molecule has 6 heteroatoms. The van der Waals surface area contributed by atoms with E-state index in [0.29, 0.717) is 6.54 Å². The van der Waals surface area contributed by atoms with E-state index in [0.717, 1.165) is 37.2 Å². The molecule has 1 aromatic carbocycles. The van der Waals surface area contributed by atoms with Crippen LogP contribution in [0.2, 0.25) is 0 Å². The summed E-state index contributed by atoms with van der Waals surface area (Å²) in [5.41, 5.74) is 3.12. The van der Waals surface area contributed by atoms with Crippen molar-refractivity contribution in [1.29, 1.82) is 0 Å². The Morgan fingerprint density at radius 2 is 2.04 bits per heavy atom. The van der Waals surface area contributed by atoms with Gasteiger partial charge in [0, 0.05) is 23.7 Å². The lowest BCUT2D eigenvalue weighted by molar-refractivity contribution is -0.133. The van der Waals surface area contributed by atoms with Gasteiger partial charge in [0.25, 0.3) is 0 Å². The average molecular weight is 386 g/mol. The number of benzene rings is 1. The van der Waals surface area contributed by atoms with Crippen LogP contribution in [-0.4, -0.2) is 47.8 Å². The maximum absolute atomic E-state index is 12.8. The Hall–Kier alpha value is -2.18. The van der Waals surface area contributed by atoms with E-state index in [9.17, 15) is 9.59 Å². The molecule has 0 spiro atoms. The second-order valence-corrected chi connectivity index (χ2v) is 8.01. The molecule has 0 unspecified atom stereocenters. The van der Waals surface area contributed by atoms with Gasteiger partial charge in [0.1, 0.15) is 0 Å². The molecule has 2 aromatic rings. The van der Waals surface area contributed by atoms with Crippen LogP contribution in [0, 0.1) is 6.92 Å². The highest BCUT2D eigenvalue weighted by Crippen LogP contribution is 2.24. The fourth-order valence-corrected chi connectivity index (χ4v) is 4.28. The first kappa shape index (κ1) is 19.6. The minimum Gasteiger partial charge on any atom is -0.337 e. The number of hydrogen-bond donors (Lipinski definition) is 1. The van der Waals surface area contributed by atoms with Crippen LogP contribution < -0.4 is 5.32 Å². The van der Waals surface area contributed by atoms with E-state index in [-0.39, 0.29) is 24.9 Å². The van der Waals surface area contributed by atoms with Crippen molar-refractivity contribution in [3.8, 4) is 0 Å². The van der Waals surface area contributed by atoms with Crippen molar-refractivity contribution < 1.29 is 9.59 Å². The van der Waals surface area contributed by atoms with Crippen LogP contribution in [0.25, 0.3) is 0 Å². The fourth-order valence-electron chi connectivity index (χ4n) is 3.39. The third-order valence-corrected chi connectivity index (χ3v) is 5.87. The van der Waals surface area contributed by atoms with Crippen molar-refractivity contribution >= 4 is 28.8 Å². The minimum absolute atomic E-state index is 0.0793. The van der Waals surface area contributed by atoms with Gasteiger partial charge in [-0.15, -0.1) is 11.3 Å². The van der Waals surface area contributed by atoms with Crippen molar-refractivity contribution in [2.75, 3.05) is 31.5 Å². The van der Waals surface area contributed by atoms with Crippen LogP contribution in [0.4, 0.5) is 5.69 Å². The summed E-state index contributed by atoms with van der Waals surface area (Å²) in [4.78, 5) is 30.5. The first-order valence-electron chi connectivity index (χ1n) is 9.47. The molecule has 1 N–H and O–H groups in total. The molecule has 0 fully saturated rings. The van der Waals surface area contributed by atoms with Crippen molar-refractivity contribution in [3.63, 3.8) is 0 Å². The van der Waals surface area contributed by atoms with Crippen LogP contribution >= 0.6 is 11.3 Å². The van der Waals surface area contributed by atoms with Gasteiger partial charge >= 0.3 is 0 Å². The summed E-state index contributed by atoms with van der Waals surface area (Å²) in [6, 6.07) is 9.83. The molecule has 0 aliphatic carbocycles. The number of carbonyl (C=O) groups is 2. The summed E-state index contributed by atoms with van der Waals surface area (Å²) in [5.74, 6) is 0.0216. The van der Waals surface area contributed by atoms with Gasteiger partial charge in [0.2, 0.25) is 11.8 Å². The molecule has 1 aliphatic rings. The average Bonchev–Trinajstić information content (AvgIpc) is 3.11. The van der Waals surface area contributed by atoms with E-state index in [4.69, 9.17) is 0 Å². The summed E-state index contributed by atoms with van der Waals surface area (Å²) in [6.07, 6.45) is 1.83. The highest BCUT2D eigenvalue weighted by Gasteiger charge is 2.23. The highest BCUT2D eigenvalue weighted by atomic mass is 32.1. The summed E-state index contributed by atoms with van der Waals surface area (Å²) in [5, 5.41) is 5.05. The highest BCUT2D eigenvalue weighted by molar-refractivity contribution is 7.10. The minimum atomic E-state index is -0.0793. The predicted molar refractivity (Wildman–Crippen MR) is 110 cm³/mol. The Morgan fingerprint density at radius 1 is 1.22 bits per heavy atom. The maximum atomic E-state index is 12.8. The van der Waals surface area contributed by atoms with Crippen LogP contribution in [-0.2, 0) is 22.6 Å². The molecular formula is C21H27N3O2S. The molecular weight excluding hydrogens is 358 g/mol. The molecule has 0 saturated heterocycles. The van der Waals surface area contributed by atoms with E-state index in [1.165, 1.54) is 10.4 Å². The molecule has 0 saturated carbocycles. The molecule has 3 rings (SSSR count). The van der Waals surface area contributed by atoms with E-state index >= 15 is 0 Å². The number of nitrogens with one attached hydrogen (secondary N) is 1. The van der Waals surface area contributed by atoms with Gasteiger partial charge in [-0.2, -0.15) is 0 Å². The van der Waals surface area contributed by atoms with Gasteiger partial charge in [-0.3, -0.25) is 14.5 Å². The van der Waals surface area contributed by atoms with Gasteiger partial charge in [-0.25, -0.2) is 0 Å². The molecule has 0 bridgehead atoms. The number of thiophene rings is 1. The second-order valence-electron chi connectivity index (χ2n) is 7.01. The van der Waals surface area contributed by atoms with Gasteiger partial charge in [-0.1, -0.05) is 25.1 Å². The molecule has 144 valence electrons. The van der Waals surface area contributed by atoms with E-state index in [1.54, 1.807) is 11.3 Å². The lowest BCUT2D eigenvalue weighted by Crippen LogP contribution is -2.44. The Kier molecular flexibility index (Phi) is 6.63. The number of nitrogens with zero attached hydrogens (tertiary/aromatic N) is 2. The predicted octanol–water partition coefficient (Wildman–Crippen LogP) is 3.29. The molecule has 5 nitrogen and oxygen atoms in total. The van der Waals surface area contributed by atoms with Gasteiger partial charge in [0.05, 0.1) is 13.1 Å². The second kappa shape index (κ2) is 9.15. The summed E-state index contributed by atoms with van der Waals surface area (Å²) in [7, 11) is 0. The van der Waals surface area contributed by atoms with E-state index in [2.05, 4.69) is 23.7 Å². The number of para-hydroxylation sites is 1. The molecule has 1 aliphatic heterocycles. The lowest BCUT2D eigenvalue weighted by Gasteiger charge is -2.30. The zero-order valence-electron chi connectivity index (χ0n) is 16.0. The topological polar surface area (TPSA) is 52.7 Å². The smallest absolute Gasteiger partial charge is 0.238 e. The number of carbonyl (C=O) groups excluding carboxylic acids is 2. The molecule has 27 heavy (non-hydrogen) atoms. The largest absolute Gasteiger partial charge is 0.337 e. The number of rotatable bonds is 7. The van der Waals surface area contributed by atoms with Crippen molar-refractivity contribution in [2.45, 2.75) is 33.2 Å². The Morgan fingerprint density at radius 3 is 2.81 bits per heavy atom. The van der Waals surface area contributed by atoms with Gasteiger partial charge in [0.15, 0.2) is 0 Å². The van der Waals surface area contributed by atoms with Gasteiger partial charge in [-0.05, 0) is 54.9 Å². The summed E-state index contributed by atoms with van der Waals surface area (Å²) < 4.78 is 0. The number of aryl methyl sites for hydroxylation is 1.